The molecule has 29 heavy (non-hydrogen) atoms. The fourth-order valence-corrected chi connectivity index (χ4v) is 3.75. The van der Waals surface area contributed by atoms with Gasteiger partial charge in [0.25, 0.3) is 0 Å². The maximum atomic E-state index is 12.6. The number of aliphatic imine (C=N–C) groups is 1. The van der Waals surface area contributed by atoms with Gasteiger partial charge < -0.3 is 9.80 Å². The topological polar surface area (TPSA) is 76.9 Å². The van der Waals surface area contributed by atoms with Crippen molar-refractivity contribution in [3.63, 3.8) is 0 Å². The van der Waals surface area contributed by atoms with Crippen molar-refractivity contribution in [2.24, 2.45) is 4.99 Å². The van der Waals surface area contributed by atoms with Crippen LogP contribution in [0.5, 0.6) is 0 Å². The lowest BCUT2D eigenvalue weighted by molar-refractivity contribution is -0.137. The third-order valence-corrected chi connectivity index (χ3v) is 5.38. The summed E-state index contributed by atoms with van der Waals surface area (Å²) in [5.74, 6) is 1.31. The smallest absolute Gasteiger partial charge is 0.351 e. The molecule has 0 radical (unpaired) electrons. The van der Waals surface area contributed by atoms with Gasteiger partial charge in [0.15, 0.2) is 5.82 Å². The zero-order valence-corrected chi connectivity index (χ0v) is 16.8. The average molecular weight is 428 g/mol. The molecule has 158 valence electrons. The van der Waals surface area contributed by atoms with E-state index in [1.54, 1.807) is 0 Å². The van der Waals surface area contributed by atoms with E-state index in [1.165, 1.54) is 23.9 Å². The number of hydrogen-bond donors (Lipinski definition) is 2. The lowest BCUT2D eigenvalue weighted by Gasteiger charge is -2.36. The summed E-state index contributed by atoms with van der Waals surface area (Å²) < 4.78 is 46.3. The number of piperazine rings is 1. The van der Waals surface area contributed by atoms with Gasteiger partial charge in [-0.05, 0) is 37.5 Å². The van der Waals surface area contributed by atoms with Gasteiger partial charge in [-0.15, -0.1) is 0 Å². The van der Waals surface area contributed by atoms with E-state index in [1.807, 2.05) is 11.8 Å². The Bertz CT molecular complexity index is 816. The Morgan fingerprint density at radius 3 is 2.41 bits per heavy atom. The minimum absolute atomic E-state index is 0.408. The Hall–Kier alpha value is -2.40. The first-order chi connectivity index (χ1) is 13.9. The monoisotopic (exact) mass is 428 g/mol. The molecule has 1 fully saturated rings. The molecule has 7 nitrogen and oxygen atoms in total. The van der Waals surface area contributed by atoms with Crippen LogP contribution in [-0.2, 0) is 12.6 Å². The van der Waals surface area contributed by atoms with Gasteiger partial charge in [-0.2, -0.15) is 21.9 Å². The molecule has 3 rings (SSSR count). The maximum Gasteiger partial charge on any atom is 0.416 e. The van der Waals surface area contributed by atoms with E-state index in [-0.39, 0.29) is 0 Å². The predicted molar refractivity (Wildman–Crippen MR) is 105 cm³/mol. The summed E-state index contributed by atoms with van der Waals surface area (Å²) in [6, 6.07) is 5.18. The molecule has 1 aromatic heterocycles. The number of aromatic nitrogens is 2. The van der Waals surface area contributed by atoms with Crippen molar-refractivity contribution in [2.45, 2.75) is 25.9 Å². The first-order valence-corrected chi connectivity index (χ1v) is 10.0. The highest BCUT2D eigenvalue weighted by Crippen LogP contribution is 2.29. The van der Waals surface area contributed by atoms with Crippen LogP contribution >= 0.6 is 11.7 Å². The summed E-state index contributed by atoms with van der Waals surface area (Å²) in [7, 11) is 0. The first-order valence-electron chi connectivity index (χ1n) is 9.28. The van der Waals surface area contributed by atoms with Crippen molar-refractivity contribution < 1.29 is 18.4 Å². The van der Waals surface area contributed by atoms with Gasteiger partial charge in [0.05, 0.1) is 23.0 Å². The second kappa shape index (κ2) is 9.40. The van der Waals surface area contributed by atoms with Crippen LogP contribution in [0.4, 0.5) is 19.0 Å². The van der Waals surface area contributed by atoms with Gasteiger partial charge in [-0.25, -0.2) is 5.48 Å². The fraction of sp³-hybridized carbons (Fsp3) is 0.500. The number of aryl methyl sites for hydroxylation is 2. The number of nitrogens with zero attached hydrogens (tertiary/aromatic N) is 5. The summed E-state index contributed by atoms with van der Waals surface area (Å²) in [5, 5.41) is 9.43. The van der Waals surface area contributed by atoms with Gasteiger partial charge in [0.2, 0.25) is 5.96 Å². The van der Waals surface area contributed by atoms with Crippen LogP contribution in [0.1, 0.15) is 23.2 Å². The highest BCUT2D eigenvalue weighted by atomic mass is 32.1. The molecule has 1 aliphatic heterocycles. The maximum absolute atomic E-state index is 12.6. The van der Waals surface area contributed by atoms with Crippen LogP contribution in [0.25, 0.3) is 0 Å². The molecule has 1 aliphatic rings. The Balaban J connectivity index is 1.46. The quantitative estimate of drug-likeness (QED) is 0.330. The number of hydroxylamine groups is 1. The second-order valence-corrected chi connectivity index (χ2v) is 7.29. The van der Waals surface area contributed by atoms with Crippen molar-refractivity contribution in [1.29, 1.82) is 0 Å². The van der Waals surface area contributed by atoms with Crippen LogP contribution in [-0.4, -0.2) is 57.5 Å². The molecule has 2 aromatic rings. The number of rotatable bonds is 5. The molecule has 1 saturated heterocycles. The van der Waals surface area contributed by atoms with E-state index < -0.39 is 11.7 Å². The first kappa shape index (κ1) is 21.3. The van der Waals surface area contributed by atoms with Gasteiger partial charge in [-0.3, -0.25) is 10.2 Å². The second-order valence-electron chi connectivity index (χ2n) is 6.76. The SMILES string of the molecule is Cc1nsnc1N1CCN(C(=NCCCc2ccc(C(F)(F)F)cc2)NO)CC1. The highest BCUT2D eigenvalue weighted by molar-refractivity contribution is 6.99. The molecule has 0 amide bonds. The number of alkyl halides is 3. The molecule has 0 saturated carbocycles. The van der Waals surface area contributed by atoms with Crippen molar-refractivity contribution in [1.82, 2.24) is 19.1 Å². The minimum Gasteiger partial charge on any atom is -0.351 e. The van der Waals surface area contributed by atoms with Gasteiger partial charge >= 0.3 is 6.18 Å². The average Bonchev–Trinajstić information content (AvgIpc) is 3.14. The number of halogens is 3. The highest BCUT2D eigenvalue weighted by Gasteiger charge is 2.29. The van der Waals surface area contributed by atoms with Crippen molar-refractivity contribution in [3.8, 4) is 0 Å². The zero-order chi connectivity index (χ0) is 20.9. The van der Waals surface area contributed by atoms with Gasteiger partial charge in [0, 0.05) is 32.7 Å². The van der Waals surface area contributed by atoms with Crippen LogP contribution in [0.3, 0.4) is 0 Å². The third kappa shape index (κ3) is 5.57. The molecular weight excluding hydrogens is 405 g/mol. The van der Waals surface area contributed by atoms with E-state index in [0.29, 0.717) is 38.4 Å². The lowest BCUT2D eigenvalue weighted by Crippen LogP contribution is -2.52. The zero-order valence-electron chi connectivity index (χ0n) is 16.0. The van der Waals surface area contributed by atoms with Gasteiger partial charge in [-0.1, -0.05) is 12.1 Å². The third-order valence-electron chi connectivity index (χ3n) is 4.77. The molecule has 2 heterocycles. The van der Waals surface area contributed by atoms with Crippen molar-refractivity contribution >= 4 is 23.5 Å². The van der Waals surface area contributed by atoms with Crippen molar-refractivity contribution in [3.05, 3.63) is 41.1 Å². The van der Waals surface area contributed by atoms with E-state index in [9.17, 15) is 18.4 Å². The van der Waals surface area contributed by atoms with Crippen molar-refractivity contribution in [2.75, 3.05) is 37.6 Å². The summed E-state index contributed by atoms with van der Waals surface area (Å²) >= 11 is 1.20. The van der Waals surface area contributed by atoms with Crippen LogP contribution < -0.4 is 10.4 Å². The van der Waals surface area contributed by atoms with Crippen LogP contribution in [0.15, 0.2) is 29.3 Å². The number of anilines is 1. The standard InChI is InChI=1S/C18H23F3N6OS/c1-13-16(25-29-24-13)26-9-11-27(12-10-26)17(23-28)22-8-2-3-14-4-6-15(7-5-14)18(19,20)21/h4-7,28H,2-3,8-12H2,1H3,(H,22,23). The van der Waals surface area contributed by atoms with Crippen LogP contribution in [0, 0.1) is 6.92 Å². The Morgan fingerprint density at radius 1 is 1.17 bits per heavy atom. The number of guanidine groups is 1. The van der Waals surface area contributed by atoms with Crippen LogP contribution in [0.2, 0.25) is 0 Å². The number of nitrogens with one attached hydrogen (secondary N) is 1. The summed E-state index contributed by atoms with van der Waals surface area (Å²) in [4.78, 5) is 8.52. The summed E-state index contributed by atoms with van der Waals surface area (Å²) in [6.07, 6.45) is -3.03. The minimum atomic E-state index is -4.32. The lowest BCUT2D eigenvalue weighted by atomic mass is 10.1. The predicted octanol–water partition coefficient (Wildman–Crippen LogP) is 2.95. The molecule has 11 heteroatoms. The molecule has 2 N–H and O–H groups in total. The summed E-state index contributed by atoms with van der Waals surface area (Å²) in [6.45, 7) is 5.25. The number of hydrogen-bond acceptors (Lipinski definition) is 6. The van der Waals surface area contributed by atoms with E-state index >= 15 is 0 Å². The van der Waals surface area contributed by atoms with E-state index in [0.717, 1.165) is 42.3 Å². The number of benzene rings is 1. The van der Waals surface area contributed by atoms with E-state index in [2.05, 4.69) is 24.1 Å². The van der Waals surface area contributed by atoms with Gasteiger partial charge in [0.1, 0.15) is 0 Å². The fourth-order valence-electron chi connectivity index (χ4n) is 3.18. The largest absolute Gasteiger partial charge is 0.416 e. The molecule has 0 unspecified atom stereocenters. The molecular formula is C18H23F3N6OS. The van der Waals surface area contributed by atoms with E-state index in [4.69, 9.17) is 0 Å². The molecule has 0 spiro atoms. The molecule has 0 aliphatic carbocycles. The Morgan fingerprint density at radius 2 is 1.86 bits per heavy atom. The molecule has 0 atom stereocenters. The normalized spacial score (nSPS) is 15.7. The molecule has 0 bridgehead atoms. The molecule has 1 aromatic carbocycles. The Kier molecular flexibility index (Phi) is 6.91. The summed E-state index contributed by atoms with van der Waals surface area (Å²) in [5.41, 5.74) is 3.26. The Labute approximate surface area is 171 Å².